The van der Waals surface area contributed by atoms with Crippen molar-refractivity contribution in [1.29, 1.82) is 0 Å². The highest BCUT2D eigenvalue weighted by Crippen LogP contribution is 2.34. The molecule has 0 unspecified atom stereocenters. The molecule has 0 bridgehead atoms. The summed E-state index contributed by atoms with van der Waals surface area (Å²) in [5.74, 6) is 2.03. The molecule has 1 amide bonds. The molecule has 1 N–H and O–H groups in total. The second-order valence-electron chi connectivity index (χ2n) is 5.52. The van der Waals surface area contributed by atoms with Crippen LogP contribution in [0.3, 0.4) is 0 Å². The van der Waals surface area contributed by atoms with Crippen LogP contribution < -0.4 is 19.5 Å². The number of carbonyl (C=O) groups excluding carboxylic acids is 1. The highest BCUT2D eigenvalue weighted by Gasteiger charge is 2.24. The van der Waals surface area contributed by atoms with E-state index in [1.165, 1.54) is 11.8 Å². The van der Waals surface area contributed by atoms with E-state index in [1.54, 1.807) is 0 Å². The summed E-state index contributed by atoms with van der Waals surface area (Å²) in [5, 5.41) is 3.33. The first kappa shape index (κ1) is 16.5. The van der Waals surface area contributed by atoms with Crippen LogP contribution in [0.1, 0.15) is 12.5 Å². The van der Waals surface area contributed by atoms with E-state index in [4.69, 9.17) is 14.2 Å². The van der Waals surface area contributed by atoms with Crippen LogP contribution in [0.4, 0.5) is 5.69 Å². The van der Waals surface area contributed by atoms with Crippen molar-refractivity contribution in [2.75, 3.05) is 13.4 Å². The number of amidine groups is 1. The zero-order valence-corrected chi connectivity index (χ0v) is 14.8. The number of ether oxygens (including phenoxy) is 3. The Morgan fingerprint density at radius 2 is 2.00 bits per heavy atom. The summed E-state index contributed by atoms with van der Waals surface area (Å²) in [6.45, 7) is 2.78. The number of hydrogen-bond acceptors (Lipinski definition) is 6. The lowest BCUT2D eigenvalue weighted by atomic mass is 10.2. The predicted molar refractivity (Wildman–Crippen MR) is 101 cm³/mol. The van der Waals surface area contributed by atoms with Gasteiger partial charge < -0.3 is 19.5 Å². The standard InChI is InChI=1S/C19H16N2O4S/c1-2-23-14-6-4-13(5-7-14)20-19-21-18(22)17(26-19)10-12-3-8-15-16(9-12)25-11-24-15/h3-10H,2,11H2,1H3,(H,20,21,22). The van der Waals surface area contributed by atoms with Crippen LogP contribution in [0.25, 0.3) is 6.08 Å². The third-order valence-corrected chi connectivity index (χ3v) is 4.63. The van der Waals surface area contributed by atoms with E-state index in [9.17, 15) is 4.79 Å². The molecule has 2 heterocycles. The summed E-state index contributed by atoms with van der Waals surface area (Å²) in [7, 11) is 0. The van der Waals surface area contributed by atoms with Gasteiger partial charge in [-0.2, -0.15) is 0 Å². The van der Waals surface area contributed by atoms with Crippen molar-refractivity contribution in [3.63, 3.8) is 0 Å². The van der Waals surface area contributed by atoms with Crippen molar-refractivity contribution >= 4 is 34.6 Å². The van der Waals surface area contributed by atoms with Crippen molar-refractivity contribution in [2.45, 2.75) is 6.92 Å². The number of amides is 1. The number of nitrogens with zero attached hydrogens (tertiary/aromatic N) is 1. The molecule has 2 aliphatic rings. The molecule has 1 saturated heterocycles. The Labute approximate surface area is 154 Å². The van der Waals surface area contributed by atoms with Gasteiger partial charge in [-0.1, -0.05) is 6.07 Å². The Morgan fingerprint density at radius 3 is 2.81 bits per heavy atom. The van der Waals surface area contributed by atoms with E-state index in [1.807, 2.05) is 55.5 Å². The van der Waals surface area contributed by atoms with Crippen molar-refractivity contribution in [1.82, 2.24) is 5.32 Å². The van der Waals surface area contributed by atoms with Crippen LogP contribution in [0.2, 0.25) is 0 Å². The van der Waals surface area contributed by atoms with Gasteiger partial charge in [-0.05, 0) is 66.7 Å². The van der Waals surface area contributed by atoms with Crippen LogP contribution >= 0.6 is 11.8 Å². The Kier molecular flexibility index (Phi) is 4.53. The fraction of sp³-hybridized carbons (Fsp3) is 0.158. The largest absolute Gasteiger partial charge is 0.494 e. The molecule has 0 radical (unpaired) electrons. The Hall–Kier alpha value is -2.93. The minimum Gasteiger partial charge on any atom is -0.494 e. The first-order valence-corrected chi connectivity index (χ1v) is 8.95. The van der Waals surface area contributed by atoms with Gasteiger partial charge in [-0.25, -0.2) is 4.99 Å². The van der Waals surface area contributed by atoms with Crippen molar-refractivity contribution in [3.8, 4) is 17.2 Å². The number of fused-ring (bicyclic) bond motifs is 1. The first-order valence-electron chi connectivity index (χ1n) is 8.13. The number of benzene rings is 2. The molecule has 0 saturated carbocycles. The van der Waals surface area contributed by atoms with E-state index < -0.39 is 0 Å². The number of thioether (sulfide) groups is 1. The van der Waals surface area contributed by atoms with Gasteiger partial charge in [-0.15, -0.1) is 0 Å². The maximum Gasteiger partial charge on any atom is 0.264 e. The molecule has 2 aromatic rings. The smallest absolute Gasteiger partial charge is 0.264 e. The zero-order valence-electron chi connectivity index (χ0n) is 14.0. The van der Waals surface area contributed by atoms with Crippen LogP contribution in [0.5, 0.6) is 17.2 Å². The lowest BCUT2D eigenvalue weighted by Crippen LogP contribution is -2.19. The highest BCUT2D eigenvalue weighted by molar-refractivity contribution is 8.18. The number of nitrogens with one attached hydrogen (secondary N) is 1. The number of carbonyl (C=O) groups is 1. The molecule has 0 aromatic heterocycles. The van der Waals surface area contributed by atoms with E-state index in [0.717, 1.165) is 17.0 Å². The molecule has 2 aliphatic heterocycles. The van der Waals surface area contributed by atoms with Gasteiger partial charge in [0.15, 0.2) is 16.7 Å². The Balaban J connectivity index is 1.51. The molecule has 1 fully saturated rings. The molecule has 2 aromatic carbocycles. The number of hydrogen-bond donors (Lipinski definition) is 1. The molecular formula is C19H16N2O4S. The summed E-state index contributed by atoms with van der Waals surface area (Å²) in [5.41, 5.74) is 1.62. The van der Waals surface area contributed by atoms with Gasteiger partial charge >= 0.3 is 0 Å². The average molecular weight is 368 g/mol. The minimum absolute atomic E-state index is 0.169. The van der Waals surface area contributed by atoms with E-state index in [2.05, 4.69) is 10.3 Å². The Morgan fingerprint density at radius 1 is 1.19 bits per heavy atom. The number of aliphatic imine (C=N–C) groups is 1. The fourth-order valence-electron chi connectivity index (χ4n) is 2.54. The third kappa shape index (κ3) is 3.52. The molecule has 26 heavy (non-hydrogen) atoms. The molecule has 4 rings (SSSR count). The lowest BCUT2D eigenvalue weighted by molar-refractivity contribution is -0.115. The SMILES string of the molecule is CCOc1ccc(N=C2NC(=O)C(=Cc3ccc4c(c3)OCO4)S2)cc1. The summed E-state index contributed by atoms with van der Waals surface area (Å²) in [4.78, 5) is 17.2. The first-order chi connectivity index (χ1) is 12.7. The van der Waals surface area contributed by atoms with Gasteiger partial charge in [-0.3, -0.25) is 4.79 Å². The molecule has 0 atom stereocenters. The quantitative estimate of drug-likeness (QED) is 0.834. The number of rotatable bonds is 4. The second-order valence-corrected chi connectivity index (χ2v) is 6.55. The highest BCUT2D eigenvalue weighted by atomic mass is 32.2. The maximum absolute atomic E-state index is 12.2. The molecule has 7 heteroatoms. The predicted octanol–water partition coefficient (Wildman–Crippen LogP) is 3.71. The summed E-state index contributed by atoms with van der Waals surface area (Å²) < 4.78 is 16.1. The lowest BCUT2D eigenvalue weighted by Gasteiger charge is -2.02. The van der Waals surface area contributed by atoms with E-state index in [0.29, 0.717) is 28.2 Å². The van der Waals surface area contributed by atoms with E-state index in [-0.39, 0.29) is 12.7 Å². The minimum atomic E-state index is -0.169. The Bertz CT molecular complexity index is 906. The van der Waals surface area contributed by atoms with Gasteiger partial charge in [0, 0.05) is 0 Å². The molecule has 6 nitrogen and oxygen atoms in total. The summed E-state index contributed by atoms with van der Waals surface area (Å²) in [6.07, 6.45) is 1.81. The van der Waals surface area contributed by atoms with Gasteiger partial charge in [0.05, 0.1) is 17.2 Å². The van der Waals surface area contributed by atoms with Gasteiger partial charge in [0.1, 0.15) is 5.75 Å². The second kappa shape index (κ2) is 7.13. The zero-order chi connectivity index (χ0) is 17.9. The van der Waals surface area contributed by atoms with Crippen molar-refractivity contribution in [3.05, 3.63) is 52.9 Å². The summed E-state index contributed by atoms with van der Waals surface area (Å²) in [6, 6.07) is 13.0. The molecular weight excluding hydrogens is 352 g/mol. The normalized spacial score (nSPS) is 18.4. The third-order valence-electron chi connectivity index (χ3n) is 3.72. The van der Waals surface area contributed by atoms with E-state index >= 15 is 0 Å². The van der Waals surface area contributed by atoms with Crippen LogP contribution in [-0.2, 0) is 4.79 Å². The fourth-order valence-corrected chi connectivity index (χ4v) is 3.38. The molecule has 132 valence electrons. The van der Waals surface area contributed by atoms with Crippen LogP contribution in [-0.4, -0.2) is 24.5 Å². The van der Waals surface area contributed by atoms with Gasteiger partial charge in [0.2, 0.25) is 6.79 Å². The topological polar surface area (TPSA) is 69.2 Å². The molecule has 0 spiro atoms. The van der Waals surface area contributed by atoms with Gasteiger partial charge in [0.25, 0.3) is 5.91 Å². The monoisotopic (exact) mass is 368 g/mol. The van der Waals surface area contributed by atoms with Crippen molar-refractivity contribution < 1.29 is 19.0 Å². The summed E-state index contributed by atoms with van der Waals surface area (Å²) >= 11 is 1.30. The molecule has 0 aliphatic carbocycles. The maximum atomic E-state index is 12.2. The van der Waals surface area contributed by atoms with Crippen molar-refractivity contribution in [2.24, 2.45) is 4.99 Å². The van der Waals surface area contributed by atoms with Crippen LogP contribution in [0.15, 0.2) is 52.4 Å². The average Bonchev–Trinajstić information content (AvgIpc) is 3.23. The van der Waals surface area contributed by atoms with Crippen LogP contribution in [0, 0.1) is 0 Å².